The molecule has 0 radical (unpaired) electrons. The SMILES string of the molecule is Cc1cccc(S(=O)(=O)NC(C(N)=NO)C(C)C)c1. The van der Waals surface area contributed by atoms with Crippen LogP contribution in [0.15, 0.2) is 34.3 Å². The van der Waals surface area contributed by atoms with Crippen LogP contribution in [0.1, 0.15) is 19.4 Å². The lowest BCUT2D eigenvalue weighted by atomic mass is 10.1. The van der Waals surface area contributed by atoms with Crippen molar-refractivity contribution in [2.45, 2.75) is 31.7 Å². The highest BCUT2D eigenvalue weighted by molar-refractivity contribution is 7.89. The Morgan fingerprint density at radius 2 is 2.05 bits per heavy atom. The molecule has 0 bridgehead atoms. The second kappa shape index (κ2) is 6.03. The molecule has 0 saturated heterocycles. The first kappa shape index (κ1) is 15.5. The van der Waals surface area contributed by atoms with Gasteiger partial charge >= 0.3 is 0 Å². The molecule has 0 saturated carbocycles. The van der Waals surface area contributed by atoms with Crippen LogP contribution in [0, 0.1) is 12.8 Å². The number of hydrogen-bond acceptors (Lipinski definition) is 4. The molecular weight excluding hydrogens is 266 g/mol. The maximum atomic E-state index is 12.2. The summed E-state index contributed by atoms with van der Waals surface area (Å²) in [5, 5.41) is 11.6. The minimum Gasteiger partial charge on any atom is -0.409 e. The molecule has 1 rings (SSSR count). The van der Waals surface area contributed by atoms with E-state index in [0.29, 0.717) is 0 Å². The lowest BCUT2D eigenvalue weighted by Crippen LogP contribution is -2.47. The normalized spacial score (nSPS) is 14.6. The van der Waals surface area contributed by atoms with E-state index in [0.717, 1.165) is 5.56 Å². The molecule has 6 nitrogen and oxygen atoms in total. The zero-order valence-electron chi connectivity index (χ0n) is 11.2. The van der Waals surface area contributed by atoms with Gasteiger partial charge in [0.25, 0.3) is 0 Å². The molecule has 0 aliphatic rings. The summed E-state index contributed by atoms with van der Waals surface area (Å²) < 4.78 is 26.9. The van der Waals surface area contributed by atoms with Gasteiger partial charge in [-0.2, -0.15) is 0 Å². The van der Waals surface area contributed by atoms with E-state index in [1.54, 1.807) is 26.0 Å². The number of benzene rings is 1. The van der Waals surface area contributed by atoms with Crippen LogP contribution in [0.3, 0.4) is 0 Å². The summed E-state index contributed by atoms with van der Waals surface area (Å²) in [6.07, 6.45) is 0. The molecule has 1 aromatic carbocycles. The average molecular weight is 285 g/mol. The van der Waals surface area contributed by atoms with Crippen LogP contribution in [0.5, 0.6) is 0 Å². The lowest BCUT2D eigenvalue weighted by Gasteiger charge is -2.20. The molecule has 0 heterocycles. The zero-order chi connectivity index (χ0) is 14.6. The summed E-state index contributed by atoms with van der Waals surface area (Å²) >= 11 is 0. The van der Waals surface area contributed by atoms with Crippen LogP contribution in [0.2, 0.25) is 0 Å². The van der Waals surface area contributed by atoms with Gasteiger partial charge in [0.2, 0.25) is 10.0 Å². The van der Waals surface area contributed by atoms with Gasteiger partial charge in [0, 0.05) is 0 Å². The smallest absolute Gasteiger partial charge is 0.241 e. The zero-order valence-corrected chi connectivity index (χ0v) is 12.0. The van der Waals surface area contributed by atoms with E-state index in [4.69, 9.17) is 10.9 Å². The Bertz CT molecular complexity index is 567. The van der Waals surface area contributed by atoms with Gasteiger partial charge in [-0.05, 0) is 30.5 Å². The number of rotatable bonds is 5. The highest BCUT2D eigenvalue weighted by Gasteiger charge is 2.25. The Hall–Kier alpha value is -1.60. The fraction of sp³-hybridized carbons (Fsp3) is 0.417. The van der Waals surface area contributed by atoms with Gasteiger partial charge in [0.05, 0.1) is 10.9 Å². The van der Waals surface area contributed by atoms with Crippen molar-refractivity contribution in [3.63, 3.8) is 0 Å². The highest BCUT2D eigenvalue weighted by Crippen LogP contribution is 2.13. The monoisotopic (exact) mass is 285 g/mol. The topological polar surface area (TPSA) is 105 Å². The van der Waals surface area contributed by atoms with Crippen molar-refractivity contribution in [2.24, 2.45) is 16.8 Å². The summed E-state index contributed by atoms with van der Waals surface area (Å²) in [6.45, 7) is 5.37. The van der Waals surface area contributed by atoms with E-state index < -0.39 is 16.1 Å². The van der Waals surface area contributed by atoms with Crippen molar-refractivity contribution < 1.29 is 13.6 Å². The van der Waals surface area contributed by atoms with Crippen molar-refractivity contribution >= 4 is 15.9 Å². The summed E-state index contributed by atoms with van der Waals surface area (Å²) in [6, 6.07) is 5.78. The Kier molecular flexibility index (Phi) is 4.90. The maximum Gasteiger partial charge on any atom is 0.241 e. The first-order valence-corrected chi connectivity index (χ1v) is 7.32. The molecule has 0 spiro atoms. The third-order valence-corrected chi connectivity index (χ3v) is 4.12. The largest absolute Gasteiger partial charge is 0.409 e. The molecule has 0 amide bonds. The summed E-state index contributed by atoms with van der Waals surface area (Å²) in [5.74, 6) is -0.304. The molecule has 7 heteroatoms. The quantitative estimate of drug-likeness (QED) is 0.325. The fourth-order valence-electron chi connectivity index (χ4n) is 1.62. The van der Waals surface area contributed by atoms with Crippen LogP contribution in [-0.2, 0) is 10.0 Å². The van der Waals surface area contributed by atoms with Gasteiger partial charge in [-0.1, -0.05) is 31.1 Å². The van der Waals surface area contributed by atoms with Gasteiger partial charge < -0.3 is 10.9 Å². The third kappa shape index (κ3) is 3.93. The first-order valence-electron chi connectivity index (χ1n) is 5.84. The van der Waals surface area contributed by atoms with E-state index in [9.17, 15) is 8.42 Å². The molecule has 1 atom stereocenters. The molecule has 0 aromatic heterocycles. The molecule has 4 N–H and O–H groups in total. The van der Waals surface area contributed by atoms with Gasteiger partial charge in [-0.25, -0.2) is 13.1 Å². The number of aryl methyl sites for hydroxylation is 1. The van der Waals surface area contributed by atoms with E-state index in [1.807, 2.05) is 13.0 Å². The second-order valence-electron chi connectivity index (χ2n) is 4.68. The van der Waals surface area contributed by atoms with Crippen molar-refractivity contribution in [3.8, 4) is 0 Å². The van der Waals surface area contributed by atoms with Gasteiger partial charge in [0.1, 0.15) is 0 Å². The summed E-state index contributed by atoms with van der Waals surface area (Å²) in [7, 11) is -3.70. The number of hydrogen-bond donors (Lipinski definition) is 3. The lowest BCUT2D eigenvalue weighted by molar-refractivity contribution is 0.313. The Balaban J connectivity index is 3.08. The van der Waals surface area contributed by atoms with E-state index in [1.165, 1.54) is 6.07 Å². The second-order valence-corrected chi connectivity index (χ2v) is 6.40. The molecular formula is C12H19N3O3S. The van der Waals surface area contributed by atoms with Gasteiger partial charge in [0.15, 0.2) is 5.84 Å². The van der Waals surface area contributed by atoms with Crippen molar-refractivity contribution in [1.82, 2.24) is 4.72 Å². The number of nitrogens with zero attached hydrogens (tertiary/aromatic N) is 1. The standard InChI is InChI=1S/C12H19N3O3S/c1-8(2)11(12(13)14-16)15-19(17,18)10-6-4-5-9(3)7-10/h4-8,11,15-16H,1-3H3,(H2,13,14). The average Bonchev–Trinajstić information content (AvgIpc) is 2.35. The highest BCUT2D eigenvalue weighted by atomic mass is 32.2. The third-order valence-electron chi connectivity index (χ3n) is 2.68. The van der Waals surface area contributed by atoms with Gasteiger partial charge in [-0.15, -0.1) is 0 Å². The van der Waals surface area contributed by atoms with Crippen LogP contribution >= 0.6 is 0 Å². The van der Waals surface area contributed by atoms with E-state index >= 15 is 0 Å². The number of sulfonamides is 1. The molecule has 1 aromatic rings. The maximum absolute atomic E-state index is 12.2. The Labute approximate surface area is 113 Å². The first-order chi connectivity index (χ1) is 8.77. The molecule has 0 aliphatic carbocycles. The Morgan fingerprint density at radius 3 is 2.53 bits per heavy atom. The molecule has 1 unspecified atom stereocenters. The minimum atomic E-state index is -3.70. The number of nitrogens with two attached hydrogens (primary N) is 1. The predicted molar refractivity (Wildman–Crippen MR) is 73.5 cm³/mol. The van der Waals surface area contributed by atoms with E-state index in [2.05, 4.69) is 9.88 Å². The summed E-state index contributed by atoms with van der Waals surface area (Å²) in [5.41, 5.74) is 6.35. The molecule has 0 fully saturated rings. The predicted octanol–water partition coefficient (Wildman–Crippen LogP) is 1.04. The van der Waals surface area contributed by atoms with Crippen LogP contribution in [-0.4, -0.2) is 25.5 Å². The fourth-order valence-corrected chi connectivity index (χ4v) is 3.08. The molecule has 0 aliphatic heterocycles. The van der Waals surface area contributed by atoms with Crippen molar-refractivity contribution in [3.05, 3.63) is 29.8 Å². The Morgan fingerprint density at radius 1 is 1.42 bits per heavy atom. The van der Waals surface area contributed by atoms with Gasteiger partial charge in [-0.3, -0.25) is 0 Å². The van der Waals surface area contributed by atoms with Crippen molar-refractivity contribution in [2.75, 3.05) is 0 Å². The summed E-state index contributed by atoms with van der Waals surface area (Å²) in [4.78, 5) is 0.156. The minimum absolute atomic E-state index is 0.143. The van der Waals surface area contributed by atoms with Crippen LogP contribution in [0.25, 0.3) is 0 Å². The van der Waals surface area contributed by atoms with E-state index in [-0.39, 0.29) is 16.6 Å². The number of oxime groups is 1. The molecule has 106 valence electrons. The van der Waals surface area contributed by atoms with Crippen LogP contribution < -0.4 is 10.5 Å². The molecule has 19 heavy (non-hydrogen) atoms. The van der Waals surface area contributed by atoms with Crippen LogP contribution in [0.4, 0.5) is 0 Å². The number of amidine groups is 1. The van der Waals surface area contributed by atoms with Crippen molar-refractivity contribution in [1.29, 1.82) is 0 Å². The number of nitrogens with one attached hydrogen (secondary N) is 1.